The van der Waals surface area contributed by atoms with E-state index in [0.717, 1.165) is 31.0 Å². The molecule has 1 heterocycles. The summed E-state index contributed by atoms with van der Waals surface area (Å²) in [6, 6.07) is 4.68. The zero-order chi connectivity index (χ0) is 13.2. The maximum absolute atomic E-state index is 13.2. The minimum absolute atomic E-state index is 0.111. The first-order chi connectivity index (χ1) is 8.52. The van der Waals surface area contributed by atoms with Gasteiger partial charge in [0.2, 0.25) is 0 Å². The molecule has 2 rings (SSSR count). The topological polar surface area (TPSA) is 23.5 Å². The van der Waals surface area contributed by atoms with Gasteiger partial charge in [-0.3, -0.25) is 0 Å². The summed E-state index contributed by atoms with van der Waals surface area (Å²) < 4.78 is 13.5. The van der Waals surface area contributed by atoms with Crippen molar-refractivity contribution in [3.63, 3.8) is 0 Å². The van der Waals surface area contributed by atoms with Crippen molar-refractivity contribution >= 4 is 17.4 Å². The summed E-state index contributed by atoms with van der Waals surface area (Å²) in [5.41, 5.74) is 1.65. The van der Waals surface area contributed by atoms with Gasteiger partial charge in [0.05, 0.1) is 6.61 Å². The van der Waals surface area contributed by atoms with Crippen LogP contribution >= 0.6 is 11.8 Å². The summed E-state index contributed by atoms with van der Waals surface area (Å²) in [6.45, 7) is 6.32. The zero-order valence-electron chi connectivity index (χ0n) is 10.9. The van der Waals surface area contributed by atoms with E-state index in [1.54, 1.807) is 6.07 Å². The monoisotopic (exact) mass is 269 g/mol. The molecule has 1 N–H and O–H groups in total. The van der Waals surface area contributed by atoms with Crippen molar-refractivity contribution in [3.05, 3.63) is 29.6 Å². The van der Waals surface area contributed by atoms with Crippen LogP contribution in [0, 0.1) is 5.82 Å². The third-order valence-electron chi connectivity index (χ3n) is 3.39. The molecule has 0 bridgehead atoms. The van der Waals surface area contributed by atoms with Gasteiger partial charge in [0.1, 0.15) is 5.82 Å². The second-order valence-electron chi connectivity index (χ2n) is 5.28. The zero-order valence-corrected chi connectivity index (χ0v) is 11.8. The molecule has 4 heteroatoms. The van der Waals surface area contributed by atoms with Crippen LogP contribution in [0.5, 0.6) is 0 Å². The maximum Gasteiger partial charge on any atom is 0.123 e. The number of hydrogen-bond donors (Lipinski definition) is 1. The second kappa shape index (κ2) is 5.49. The van der Waals surface area contributed by atoms with Crippen LogP contribution in [-0.4, -0.2) is 28.7 Å². The molecule has 1 aromatic carbocycles. The van der Waals surface area contributed by atoms with Gasteiger partial charge >= 0.3 is 0 Å². The van der Waals surface area contributed by atoms with E-state index in [-0.39, 0.29) is 12.4 Å². The highest BCUT2D eigenvalue weighted by Crippen LogP contribution is 2.33. The average Bonchev–Trinajstić information content (AvgIpc) is 2.50. The van der Waals surface area contributed by atoms with E-state index in [9.17, 15) is 9.50 Å². The Labute approximate surface area is 112 Å². The lowest BCUT2D eigenvalue weighted by Gasteiger charge is -2.26. The van der Waals surface area contributed by atoms with Gasteiger partial charge < -0.3 is 10.0 Å². The fourth-order valence-corrected chi connectivity index (χ4v) is 3.35. The van der Waals surface area contributed by atoms with Crippen molar-refractivity contribution in [1.29, 1.82) is 0 Å². The quantitative estimate of drug-likeness (QED) is 0.892. The number of nitrogens with zero attached hydrogens (tertiary/aromatic N) is 1. The van der Waals surface area contributed by atoms with Crippen LogP contribution in [0.4, 0.5) is 10.1 Å². The van der Waals surface area contributed by atoms with Crippen LogP contribution in [0.25, 0.3) is 0 Å². The van der Waals surface area contributed by atoms with E-state index in [2.05, 4.69) is 18.7 Å². The molecule has 1 aliphatic heterocycles. The summed E-state index contributed by atoms with van der Waals surface area (Å²) in [5.74, 6) is 0.780. The standard InChI is InChI=1S/C14H20FNOS/c1-14(2)5-6-16(7-8-18-14)13-4-3-12(15)9-11(13)10-17/h3-4,9,17H,5-8,10H2,1-2H3. The molecule has 100 valence electrons. The number of anilines is 1. The highest BCUT2D eigenvalue weighted by atomic mass is 32.2. The second-order valence-corrected chi connectivity index (χ2v) is 7.08. The van der Waals surface area contributed by atoms with E-state index in [0.29, 0.717) is 10.3 Å². The van der Waals surface area contributed by atoms with Crippen molar-refractivity contribution in [2.24, 2.45) is 0 Å². The fourth-order valence-electron chi connectivity index (χ4n) is 2.25. The number of aliphatic hydroxyl groups is 1. The Kier molecular flexibility index (Phi) is 4.17. The number of thioether (sulfide) groups is 1. The Morgan fingerprint density at radius 3 is 2.89 bits per heavy atom. The molecule has 0 saturated carbocycles. The largest absolute Gasteiger partial charge is 0.392 e. The molecule has 2 nitrogen and oxygen atoms in total. The summed E-state index contributed by atoms with van der Waals surface area (Å²) in [4.78, 5) is 2.26. The minimum atomic E-state index is -0.285. The lowest BCUT2D eigenvalue weighted by atomic mass is 10.1. The summed E-state index contributed by atoms with van der Waals surface area (Å²) in [7, 11) is 0. The Morgan fingerprint density at radius 2 is 2.17 bits per heavy atom. The van der Waals surface area contributed by atoms with E-state index >= 15 is 0 Å². The first-order valence-electron chi connectivity index (χ1n) is 6.30. The highest BCUT2D eigenvalue weighted by Gasteiger charge is 2.24. The number of halogens is 1. The van der Waals surface area contributed by atoms with E-state index < -0.39 is 0 Å². The van der Waals surface area contributed by atoms with Crippen LogP contribution < -0.4 is 4.90 Å². The highest BCUT2D eigenvalue weighted by molar-refractivity contribution is 8.00. The molecule has 1 aliphatic rings. The van der Waals surface area contributed by atoms with Gasteiger partial charge in [0.15, 0.2) is 0 Å². The minimum Gasteiger partial charge on any atom is -0.392 e. The number of hydrogen-bond acceptors (Lipinski definition) is 3. The fraction of sp³-hybridized carbons (Fsp3) is 0.571. The summed E-state index contributed by atoms with van der Waals surface area (Å²) >= 11 is 1.98. The smallest absolute Gasteiger partial charge is 0.123 e. The first kappa shape index (κ1) is 13.7. The van der Waals surface area contributed by atoms with Gasteiger partial charge in [-0.1, -0.05) is 13.8 Å². The molecule has 0 amide bonds. The number of benzene rings is 1. The third kappa shape index (κ3) is 3.18. The Balaban J connectivity index is 2.21. The van der Waals surface area contributed by atoms with Crippen LogP contribution in [0.15, 0.2) is 18.2 Å². The van der Waals surface area contributed by atoms with Crippen molar-refractivity contribution in [2.75, 3.05) is 23.7 Å². The van der Waals surface area contributed by atoms with Gasteiger partial charge in [-0.25, -0.2) is 4.39 Å². The Morgan fingerprint density at radius 1 is 1.39 bits per heavy atom. The molecule has 0 atom stereocenters. The molecule has 1 aromatic rings. The molecule has 1 fully saturated rings. The van der Waals surface area contributed by atoms with Gasteiger partial charge in [-0.2, -0.15) is 11.8 Å². The first-order valence-corrected chi connectivity index (χ1v) is 7.28. The number of aliphatic hydroxyl groups excluding tert-OH is 1. The number of rotatable bonds is 2. The molecule has 0 spiro atoms. The van der Waals surface area contributed by atoms with Crippen molar-refractivity contribution in [3.8, 4) is 0 Å². The average molecular weight is 269 g/mol. The van der Waals surface area contributed by atoms with Crippen LogP contribution in [-0.2, 0) is 6.61 Å². The summed E-state index contributed by atoms with van der Waals surface area (Å²) in [6.07, 6.45) is 1.10. The SMILES string of the molecule is CC1(C)CCN(c2ccc(F)cc2CO)CCS1. The molecular formula is C14H20FNOS. The van der Waals surface area contributed by atoms with Gasteiger partial charge in [0.25, 0.3) is 0 Å². The van der Waals surface area contributed by atoms with Crippen molar-refractivity contribution < 1.29 is 9.50 Å². The Bertz CT molecular complexity index is 422. The third-order valence-corrected chi connectivity index (χ3v) is 4.76. The molecule has 0 aromatic heterocycles. The van der Waals surface area contributed by atoms with Crippen molar-refractivity contribution in [1.82, 2.24) is 0 Å². The molecular weight excluding hydrogens is 249 g/mol. The van der Waals surface area contributed by atoms with Gasteiger partial charge in [0, 0.05) is 34.8 Å². The van der Waals surface area contributed by atoms with E-state index in [1.807, 2.05) is 11.8 Å². The normalized spacial score (nSPS) is 19.7. The van der Waals surface area contributed by atoms with Crippen LogP contribution in [0.2, 0.25) is 0 Å². The van der Waals surface area contributed by atoms with Crippen LogP contribution in [0.3, 0.4) is 0 Å². The van der Waals surface area contributed by atoms with E-state index in [1.165, 1.54) is 12.1 Å². The predicted molar refractivity (Wildman–Crippen MR) is 75.7 cm³/mol. The van der Waals surface area contributed by atoms with Gasteiger partial charge in [-0.15, -0.1) is 0 Å². The lowest BCUT2D eigenvalue weighted by Crippen LogP contribution is -2.27. The molecule has 18 heavy (non-hydrogen) atoms. The van der Waals surface area contributed by atoms with Crippen molar-refractivity contribution in [2.45, 2.75) is 31.6 Å². The maximum atomic E-state index is 13.2. The molecule has 0 radical (unpaired) electrons. The predicted octanol–water partition coefficient (Wildman–Crippen LogP) is 3.04. The molecule has 1 saturated heterocycles. The lowest BCUT2D eigenvalue weighted by molar-refractivity contribution is 0.281. The molecule has 0 aliphatic carbocycles. The molecule has 0 unspecified atom stereocenters. The Hall–Kier alpha value is -0.740. The van der Waals surface area contributed by atoms with Crippen LogP contribution in [0.1, 0.15) is 25.8 Å². The van der Waals surface area contributed by atoms with Gasteiger partial charge in [-0.05, 0) is 24.6 Å². The summed E-state index contributed by atoms with van der Waals surface area (Å²) in [5, 5.41) is 9.35. The van der Waals surface area contributed by atoms with E-state index in [4.69, 9.17) is 0 Å².